The van der Waals surface area contributed by atoms with E-state index < -0.39 is 0 Å². The molecule has 3 rings (SSSR count). The van der Waals surface area contributed by atoms with Crippen LogP contribution in [-0.2, 0) is 4.79 Å². The van der Waals surface area contributed by atoms with E-state index in [0.717, 1.165) is 28.4 Å². The predicted molar refractivity (Wildman–Crippen MR) is 89.6 cm³/mol. The van der Waals surface area contributed by atoms with Crippen LogP contribution in [0.1, 0.15) is 18.4 Å². The van der Waals surface area contributed by atoms with Gasteiger partial charge in [-0.05, 0) is 55.3 Å². The minimum absolute atomic E-state index is 0.0458. The molecule has 1 aliphatic rings. The van der Waals surface area contributed by atoms with Gasteiger partial charge in [-0.1, -0.05) is 11.8 Å². The van der Waals surface area contributed by atoms with Crippen molar-refractivity contribution in [3.05, 3.63) is 48.0 Å². The molecule has 0 bridgehead atoms. The summed E-state index contributed by atoms with van der Waals surface area (Å²) in [4.78, 5) is 13.7. The fraction of sp³-hybridized carbons (Fsp3) is 0.222. The van der Waals surface area contributed by atoms with Crippen molar-refractivity contribution in [2.75, 3.05) is 12.4 Å². The molecule has 0 aromatic heterocycles. The van der Waals surface area contributed by atoms with E-state index in [4.69, 9.17) is 4.74 Å². The number of anilines is 1. The van der Waals surface area contributed by atoms with Gasteiger partial charge in [-0.25, -0.2) is 0 Å². The van der Waals surface area contributed by atoms with Crippen molar-refractivity contribution >= 4 is 23.4 Å². The van der Waals surface area contributed by atoms with Crippen LogP contribution in [0, 0.1) is 17.2 Å². The zero-order valence-electron chi connectivity index (χ0n) is 12.7. The zero-order chi connectivity index (χ0) is 16.2. The van der Waals surface area contributed by atoms with Gasteiger partial charge in [0.2, 0.25) is 5.91 Å². The number of methoxy groups -OCH3 is 1. The van der Waals surface area contributed by atoms with Gasteiger partial charge in [0.15, 0.2) is 0 Å². The Morgan fingerprint density at radius 1 is 1.26 bits per heavy atom. The maximum atomic E-state index is 11.8. The Labute approximate surface area is 139 Å². The Balaban J connectivity index is 1.75. The van der Waals surface area contributed by atoms with Crippen molar-refractivity contribution < 1.29 is 9.53 Å². The van der Waals surface area contributed by atoms with E-state index in [1.54, 1.807) is 13.2 Å². The highest BCUT2D eigenvalue weighted by molar-refractivity contribution is 7.99. The van der Waals surface area contributed by atoms with Crippen molar-refractivity contribution in [2.45, 2.75) is 22.6 Å². The van der Waals surface area contributed by atoms with Crippen LogP contribution in [0.25, 0.3) is 0 Å². The molecule has 1 fully saturated rings. The quantitative estimate of drug-likeness (QED) is 0.900. The number of amides is 1. The summed E-state index contributed by atoms with van der Waals surface area (Å²) in [5, 5.41) is 12.2. The van der Waals surface area contributed by atoms with Gasteiger partial charge in [-0.3, -0.25) is 4.79 Å². The lowest BCUT2D eigenvalue weighted by molar-refractivity contribution is -0.117. The summed E-state index contributed by atoms with van der Waals surface area (Å²) in [6, 6.07) is 15.3. The third kappa shape index (κ3) is 3.85. The van der Waals surface area contributed by atoms with Crippen molar-refractivity contribution in [3.8, 4) is 11.8 Å². The number of rotatable bonds is 5. The van der Waals surface area contributed by atoms with Crippen LogP contribution in [-0.4, -0.2) is 13.0 Å². The molecule has 23 heavy (non-hydrogen) atoms. The summed E-state index contributed by atoms with van der Waals surface area (Å²) in [6.07, 6.45) is 1.92. The molecule has 1 aliphatic carbocycles. The summed E-state index contributed by atoms with van der Waals surface area (Å²) in [6.45, 7) is 0. The summed E-state index contributed by atoms with van der Waals surface area (Å²) >= 11 is 1.51. The van der Waals surface area contributed by atoms with Gasteiger partial charge in [0.05, 0.1) is 12.7 Å². The van der Waals surface area contributed by atoms with Gasteiger partial charge in [0.25, 0.3) is 0 Å². The van der Waals surface area contributed by atoms with Crippen LogP contribution in [0.3, 0.4) is 0 Å². The lowest BCUT2D eigenvalue weighted by Gasteiger charge is -2.08. The van der Waals surface area contributed by atoms with Crippen molar-refractivity contribution in [3.63, 3.8) is 0 Å². The second-order valence-electron chi connectivity index (χ2n) is 5.36. The number of carbonyl (C=O) groups excluding carboxylic acids is 1. The SMILES string of the molecule is COc1ccc(Sc2ccc(NC(=O)C3CC3)cc2C#N)cc1. The Hall–Kier alpha value is -2.45. The minimum atomic E-state index is 0.0458. The average Bonchev–Trinajstić information content (AvgIpc) is 3.42. The van der Waals surface area contributed by atoms with E-state index >= 15 is 0 Å². The summed E-state index contributed by atoms with van der Waals surface area (Å²) in [5.41, 5.74) is 1.23. The average molecular weight is 324 g/mol. The second kappa shape index (κ2) is 6.76. The summed E-state index contributed by atoms with van der Waals surface area (Å²) in [5.74, 6) is 0.992. The number of nitrogens with one attached hydrogen (secondary N) is 1. The van der Waals surface area contributed by atoms with Crippen LogP contribution in [0.5, 0.6) is 5.75 Å². The molecule has 0 aliphatic heterocycles. The van der Waals surface area contributed by atoms with Gasteiger partial charge in [0.1, 0.15) is 11.8 Å². The normalized spacial score (nSPS) is 13.2. The zero-order valence-corrected chi connectivity index (χ0v) is 13.5. The molecule has 0 spiro atoms. The minimum Gasteiger partial charge on any atom is -0.497 e. The Morgan fingerprint density at radius 3 is 2.61 bits per heavy atom. The second-order valence-corrected chi connectivity index (χ2v) is 6.48. The Bertz CT molecular complexity index is 762. The maximum Gasteiger partial charge on any atom is 0.227 e. The van der Waals surface area contributed by atoms with Crippen LogP contribution in [0.4, 0.5) is 5.69 Å². The highest BCUT2D eigenvalue weighted by Crippen LogP contribution is 2.34. The first-order valence-electron chi connectivity index (χ1n) is 7.36. The van der Waals surface area contributed by atoms with Gasteiger partial charge in [-0.15, -0.1) is 0 Å². The number of nitrogens with zero attached hydrogens (tertiary/aromatic N) is 1. The summed E-state index contributed by atoms with van der Waals surface area (Å²) in [7, 11) is 1.63. The number of benzene rings is 2. The number of hydrogen-bond donors (Lipinski definition) is 1. The molecule has 0 heterocycles. The van der Waals surface area contributed by atoms with Crippen LogP contribution < -0.4 is 10.1 Å². The molecule has 2 aromatic carbocycles. The first-order valence-corrected chi connectivity index (χ1v) is 8.18. The molecule has 0 radical (unpaired) electrons. The molecule has 1 amide bonds. The molecule has 0 saturated heterocycles. The maximum absolute atomic E-state index is 11.8. The fourth-order valence-corrected chi connectivity index (χ4v) is 3.02. The fourth-order valence-electron chi connectivity index (χ4n) is 2.14. The molecule has 5 heteroatoms. The third-order valence-corrected chi connectivity index (χ3v) is 4.69. The third-order valence-electron chi connectivity index (χ3n) is 3.60. The highest BCUT2D eigenvalue weighted by Gasteiger charge is 2.29. The molecule has 4 nitrogen and oxygen atoms in total. The van der Waals surface area contributed by atoms with E-state index in [1.165, 1.54) is 11.8 Å². The first-order chi connectivity index (χ1) is 11.2. The smallest absolute Gasteiger partial charge is 0.227 e. The molecule has 1 saturated carbocycles. The van der Waals surface area contributed by atoms with E-state index in [-0.39, 0.29) is 11.8 Å². The Kier molecular flexibility index (Phi) is 4.54. The Morgan fingerprint density at radius 2 is 2.00 bits per heavy atom. The van der Waals surface area contributed by atoms with Gasteiger partial charge < -0.3 is 10.1 Å². The standard InChI is InChI=1S/C18H16N2O2S/c1-22-15-5-7-16(8-6-15)23-17-9-4-14(10-13(17)11-19)20-18(21)12-2-3-12/h4-10,12H,2-3H2,1H3,(H,20,21). The van der Waals surface area contributed by atoms with Crippen LogP contribution in [0.15, 0.2) is 52.3 Å². The molecule has 2 aromatic rings. The molecule has 1 N–H and O–H groups in total. The van der Waals surface area contributed by atoms with E-state index in [1.807, 2.05) is 36.4 Å². The molecular formula is C18H16N2O2S. The van der Waals surface area contributed by atoms with Gasteiger partial charge in [0, 0.05) is 21.4 Å². The van der Waals surface area contributed by atoms with Gasteiger partial charge >= 0.3 is 0 Å². The summed E-state index contributed by atoms with van der Waals surface area (Å²) < 4.78 is 5.14. The van der Waals surface area contributed by atoms with Crippen molar-refractivity contribution in [1.82, 2.24) is 0 Å². The molecular weight excluding hydrogens is 308 g/mol. The predicted octanol–water partition coefficient (Wildman–Crippen LogP) is 4.07. The number of nitriles is 1. The molecule has 0 unspecified atom stereocenters. The number of ether oxygens (including phenoxy) is 1. The lowest BCUT2D eigenvalue weighted by Crippen LogP contribution is -2.13. The van der Waals surface area contributed by atoms with Gasteiger partial charge in [-0.2, -0.15) is 5.26 Å². The van der Waals surface area contributed by atoms with Crippen LogP contribution >= 0.6 is 11.8 Å². The largest absolute Gasteiger partial charge is 0.497 e. The first kappa shape index (κ1) is 15.4. The molecule has 116 valence electrons. The molecule has 0 atom stereocenters. The highest BCUT2D eigenvalue weighted by atomic mass is 32.2. The van der Waals surface area contributed by atoms with E-state index in [9.17, 15) is 10.1 Å². The number of carbonyl (C=O) groups is 1. The number of hydrogen-bond acceptors (Lipinski definition) is 4. The monoisotopic (exact) mass is 324 g/mol. The van der Waals surface area contributed by atoms with E-state index in [2.05, 4.69) is 11.4 Å². The van der Waals surface area contributed by atoms with Crippen molar-refractivity contribution in [1.29, 1.82) is 5.26 Å². The lowest BCUT2D eigenvalue weighted by atomic mass is 10.2. The van der Waals surface area contributed by atoms with Crippen LogP contribution in [0.2, 0.25) is 0 Å². The topological polar surface area (TPSA) is 62.1 Å². The van der Waals surface area contributed by atoms with Crippen molar-refractivity contribution in [2.24, 2.45) is 5.92 Å². The van der Waals surface area contributed by atoms with E-state index in [0.29, 0.717) is 11.3 Å².